The Morgan fingerprint density at radius 3 is 2.50 bits per heavy atom. The lowest BCUT2D eigenvalue weighted by atomic mass is 9.97. The minimum absolute atomic E-state index is 0.271. The maximum absolute atomic E-state index is 14.3. The van der Waals surface area contributed by atoms with Crippen LogP contribution < -0.4 is 0 Å². The van der Waals surface area contributed by atoms with Gasteiger partial charge in [-0.15, -0.1) is 0 Å². The molecule has 32 heavy (non-hydrogen) atoms. The van der Waals surface area contributed by atoms with Crippen molar-refractivity contribution in [2.75, 3.05) is 7.05 Å². The standard InChI is InChI=1S/C28H27FN2O/c1-17(2)25-15-14-23-22-13-11-19(4)26(27(22)32-28(23)31-25)18(3)10-12-20(16-30-5)21-8-6-7-9-24(21)29/h6-17H,1-5H3/b18-10+,20-12+,30-16?. The second-order valence-electron chi connectivity index (χ2n) is 8.32. The zero-order valence-corrected chi connectivity index (χ0v) is 19.1. The molecule has 2 aromatic carbocycles. The average Bonchev–Trinajstić information content (AvgIpc) is 3.14. The molecule has 0 bridgehead atoms. The molecule has 0 amide bonds. The summed E-state index contributed by atoms with van der Waals surface area (Å²) in [5, 5.41) is 2.06. The highest BCUT2D eigenvalue weighted by atomic mass is 19.1. The van der Waals surface area contributed by atoms with Gasteiger partial charge >= 0.3 is 0 Å². The van der Waals surface area contributed by atoms with E-state index in [1.54, 1.807) is 25.4 Å². The predicted molar refractivity (Wildman–Crippen MR) is 133 cm³/mol. The van der Waals surface area contributed by atoms with Gasteiger partial charge in [-0.2, -0.15) is 0 Å². The van der Waals surface area contributed by atoms with Gasteiger partial charge in [0, 0.05) is 46.4 Å². The van der Waals surface area contributed by atoms with E-state index >= 15 is 0 Å². The molecule has 4 aromatic rings. The summed E-state index contributed by atoms with van der Waals surface area (Å²) < 4.78 is 20.6. The number of allylic oxidation sites excluding steroid dienone is 4. The maximum Gasteiger partial charge on any atom is 0.227 e. The van der Waals surface area contributed by atoms with Crippen LogP contribution in [-0.4, -0.2) is 18.2 Å². The molecule has 0 fully saturated rings. The Bertz CT molecular complexity index is 1390. The van der Waals surface area contributed by atoms with E-state index in [9.17, 15) is 4.39 Å². The Labute approximate surface area is 188 Å². The molecule has 0 aliphatic carbocycles. The van der Waals surface area contributed by atoms with E-state index in [1.807, 2.05) is 25.1 Å². The number of aromatic nitrogens is 1. The number of furan rings is 1. The molecule has 0 unspecified atom stereocenters. The summed E-state index contributed by atoms with van der Waals surface area (Å²) >= 11 is 0. The van der Waals surface area contributed by atoms with Gasteiger partial charge in [-0.3, -0.25) is 4.99 Å². The second kappa shape index (κ2) is 8.91. The zero-order valence-electron chi connectivity index (χ0n) is 19.1. The molecule has 4 rings (SSSR count). The summed E-state index contributed by atoms with van der Waals surface area (Å²) in [6.07, 6.45) is 5.57. The van der Waals surface area contributed by atoms with E-state index in [-0.39, 0.29) is 5.82 Å². The highest BCUT2D eigenvalue weighted by Crippen LogP contribution is 2.35. The molecule has 0 aliphatic heterocycles. The van der Waals surface area contributed by atoms with Crippen molar-refractivity contribution < 1.29 is 8.81 Å². The minimum Gasteiger partial charge on any atom is -0.437 e. The van der Waals surface area contributed by atoms with Crippen LogP contribution in [0.1, 0.15) is 49.1 Å². The first kappa shape index (κ1) is 21.7. The number of hydrogen-bond acceptors (Lipinski definition) is 3. The number of nitrogens with zero attached hydrogens (tertiary/aromatic N) is 2. The molecule has 0 saturated heterocycles. The van der Waals surface area contributed by atoms with E-state index in [0.29, 0.717) is 22.8 Å². The van der Waals surface area contributed by atoms with E-state index < -0.39 is 0 Å². The Hall–Kier alpha value is -3.53. The molecule has 0 atom stereocenters. The van der Waals surface area contributed by atoms with Crippen LogP contribution in [0.25, 0.3) is 33.2 Å². The SMILES string of the molecule is CN=C/C(=C\C=C(/C)c1c(C)ccc2c1oc1nc(C(C)C)ccc12)c1ccccc1F. The molecule has 0 radical (unpaired) electrons. The highest BCUT2D eigenvalue weighted by molar-refractivity contribution is 6.11. The third-order valence-corrected chi connectivity index (χ3v) is 5.69. The molecule has 0 saturated carbocycles. The number of rotatable bonds is 5. The van der Waals surface area contributed by atoms with Gasteiger partial charge in [-0.05, 0) is 49.1 Å². The summed E-state index contributed by atoms with van der Waals surface area (Å²) in [6.45, 7) is 8.36. The molecule has 162 valence electrons. The monoisotopic (exact) mass is 426 g/mol. The van der Waals surface area contributed by atoms with Crippen molar-refractivity contribution in [2.45, 2.75) is 33.6 Å². The highest BCUT2D eigenvalue weighted by Gasteiger charge is 2.16. The topological polar surface area (TPSA) is 38.4 Å². The lowest BCUT2D eigenvalue weighted by Crippen LogP contribution is -1.91. The van der Waals surface area contributed by atoms with Crippen molar-refractivity contribution in [3.05, 3.63) is 88.9 Å². The van der Waals surface area contributed by atoms with Crippen molar-refractivity contribution in [1.29, 1.82) is 0 Å². The van der Waals surface area contributed by atoms with Crippen molar-refractivity contribution >= 4 is 39.4 Å². The summed E-state index contributed by atoms with van der Waals surface area (Å²) in [6, 6.07) is 15.1. The van der Waals surface area contributed by atoms with E-state index in [0.717, 1.165) is 38.7 Å². The number of aryl methyl sites for hydroxylation is 1. The number of pyridine rings is 1. The fraction of sp³-hybridized carbons (Fsp3) is 0.214. The van der Waals surface area contributed by atoms with Crippen LogP contribution in [0.2, 0.25) is 0 Å². The molecule has 0 aliphatic rings. The third-order valence-electron chi connectivity index (χ3n) is 5.69. The van der Waals surface area contributed by atoms with Crippen LogP contribution in [0.15, 0.2) is 70.1 Å². The van der Waals surface area contributed by atoms with Crippen LogP contribution in [0.3, 0.4) is 0 Å². The fourth-order valence-corrected chi connectivity index (χ4v) is 3.98. The maximum atomic E-state index is 14.3. The molecular formula is C28H27FN2O. The molecular weight excluding hydrogens is 399 g/mol. The van der Waals surface area contributed by atoms with Crippen molar-refractivity contribution in [3.63, 3.8) is 0 Å². The predicted octanol–water partition coefficient (Wildman–Crippen LogP) is 7.74. The van der Waals surface area contributed by atoms with Crippen molar-refractivity contribution in [1.82, 2.24) is 4.98 Å². The quantitative estimate of drug-likeness (QED) is 0.242. The normalized spacial score (nSPS) is 13.2. The van der Waals surface area contributed by atoms with E-state index in [2.05, 4.69) is 50.0 Å². The van der Waals surface area contributed by atoms with Gasteiger partial charge in [-0.25, -0.2) is 9.37 Å². The fourth-order valence-electron chi connectivity index (χ4n) is 3.98. The second-order valence-corrected chi connectivity index (χ2v) is 8.32. The van der Waals surface area contributed by atoms with Crippen LogP contribution in [0.5, 0.6) is 0 Å². The smallest absolute Gasteiger partial charge is 0.227 e. The molecule has 4 heteroatoms. The molecule has 3 nitrogen and oxygen atoms in total. The van der Waals surface area contributed by atoms with Gasteiger partial charge < -0.3 is 4.42 Å². The summed E-state index contributed by atoms with van der Waals surface area (Å²) in [7, 11) is 1.68. The van der Waals surface area contributed by atoms with Gasteiger partial charge in [0.1, 0.15) is 11.4 Å². The van der Waals surface area contributed by atoms with Gasteiger partial charge in [-0.1, -0.05) is 56.3 Å². The lowest BCUT2D eigenvalue weighted by Gasteiger charge is -2.07. The van der Waals surface area contributed by atoms with Gasteiger partial charge in [0.05, 0.1) is 0 Å². The largest absolute Gasteiger partial charge is 0.437 e. The lowest BCUT2D eigenvalue weighted by molar-refractivity contribution is 0.624. The Morgan fingerprint density at radius 2 is 1.78 bits per heavy atom. The zero-order chi connectivity index (χ0) is 22.8. The Kier molecular flexibility index (Phi) is 6.04. The van der Waals surface area contributed by atoms with E-state index in [4.69, 9.17) is 9.40 Å². The number of benzene rings is 2. The van der Waals surface area contributed by atoms with Crippen LogP contribution in [0.4, 0.5) is 4.39 Å². The van der Waals surface area contributed by atoms with Crippen molar-refractivity contribution in [2.24, 2.45) is 4.99 Å². The Balaban J connectivity index is 1.86. The van der Waals surface area contributed by atoms with Crippen molar-refractivity contribution in [3.8, 4) is 0 Å². The molecule has 0 spiro atoms. The first-order valence-electron chi connectivity index (χ1n) is 10.8. The summed E-state index contributed by atoms with van der Waals surface area (Å²) in [5.41, 5.74) is 6.89. The molecule has 2 heterocycles. The average molecular weight is 427 g/mol. The Morgan fingerprint density at radius 1 is 1.03 bits per heavy atom. The summed E-state index contributed by atoms with van der Waals surface area (Å²) in [5.74, 6) is 0.0601. The minimum atomic E-state index is -0.271. The van der Waals surface area contributed by atoms with Gasteiger partial charge in [0.2, 0.25) is 5.71 Å². The van der Waals surface area contributed by atoms with Crippen LogP contribution in [-0.2, 0) is 0 Å². The first-order chi connectivity index (χ1) is 15.4. The molecule has 2 aromatic heterocycles. The summed E-state index contributed by atoms with van der Waals surface area (Å²) in [4.78, 5) is 8.84. The van der Waals surface area contributed by atoms with Crippen LogP contribution in [0, 0.1) is 12.7 Å². The number of fused-ring (bicyclic) bond motifs is 3. The number of halogens is 1. The van der Waals surface area contributed by atoms with Gasteiger partial charge in [0.25, 0.3) is 0 Å². The number of aliphatic imine (C=N–C) groups is 1. The number of hydrogen-bond donors (Lipinski definition) is 0. The van der Waals surface area contributed by atoms with Gasteiger partial charge in [0.15, 0.2) is 0 Å². The third kappa shape index (κ3) is 4.01. The molecule has 0 N–H and O–H groups in total. The van der Waals surface area contributed by atoms with Crippen LogP contribution >= 0.6 is 0 Å². The van der Waals surface area contributed by atoms with E-state index in [1.165, 1.54) is 6.07 Å². The first-order valence-corrected chi connectivity index (χ1v) is 10.8.